The molecule has 1 heterocycles. The smallest absolute Gasteiger partial charge is 0.252 e. The predicted molar refractivity (Wildman–Crippen MR) is 62.0 cm³/mol. The van der Waals surface area contributed by atoms with Gasteiger partial charge in [0.1, 0.15) is 6.10 Å². The van der Waals surface area contributed by atoms with Crippen molar-refractivity contribution < 1.29 is 14.3 Å². The van der Waals surface area contributed by atoms with Gasteiger partial charge in [0.25, 0.3) is 5.91 Å². The lowest BCUT2D eigenvalue weighted by molar-refractivity contribution is -0.136. The molecule has 92 valence electrons. The highest BCUT2D eigenvalue weighted by molar-refractivity contribution is 5.83. The van der Waals surface area contributed by atoms with E-state index in [0.717, 1.165) is 5.56 Å². The molecule has 3 atom stereocenters. The number of hydrogen-bond acceptors (Lipinski definition) is 2. The molecule has 1 saturated heterocycles. The Morgan fingerprint density at radius 3 is 2.65 bits per heavy atom. The minimum atomic E-state index is -1.19. The summed E-state index contributed by atoms with van der Waals surface area (Å²) in [4.78, 5) is 13.3. The minimum Gasteiger partial charge on any atom is -0.383 e. The first-order valence-corrected chi connectivity index (χ1v) is 5.74. The molecule has 2 rings (SSSR count). The second-order valence-electron chi connectivity index (χ2n) is 4.44. The number of carbonyl (C=O) groups is 1. The molecular weight excluding hydrogens is 221 g/mol. The van der Waals surface area contributed by atoms with E-state index < -0.39 is 18.7 Å². The number of aliphatic hydroxyl groups is 1. The lowest BCUT2D eigenvalue weighted by Gasteiger charge is -2.24. The number of aliphatic hydroxyl groups excluding tert-OH is 1. The van der Waals surface area contributed by atoms with Crippen molar-refractivity contribution in [3.8, 4) is 0 Å². The molecule has 2 unspecified atom stereocenters. The fraction of sp³-hybridized carbons (Fsp3) is 0.462. The molecule has 17 heavy (non-hydrogen) atoms. The summed E-state index contributed by atoms with van der Waals surface area (Å²) in [5, 5.41) is 9.59. The Kier molecular flexibility index (Phi) is 3.43. The zero-order valence-corrected chi connectivity index (χ0v) is 9.71. The SMILES string of the molecule is C[C@H](c1ccccc1)N1CC(CF)C(O)C1=O. The summed E-state index contributed by atoms with van der Waals surface area (Å²) >= 11 is 0. The zero-order valence-electron chi connectivity index (χ0n) is 9.71. The molecule has 1 aliphatic rings. The molecule has 1 amide bonds. The van der Waals surface area contributed by atoms with Gasteiger partial charge in [-0.15, -0.1) is 0 Å². The summed E-state index contributed by atoms with van der Waals surface area (Å²) in [6.45, 7) is 1.51. The lowest BCUT2D eigenvalue weighted by atomic mass is 10.1. The predicted octanol–water partition coefficient (Wildman–Crippen LogP) is 1.54. The van der Waals surface area contributed by atoms with Crippen molar-refractivity contribution in [2.24, 2.45) is 5.92 Å². The monoisotopic (exact) mass is 237 g/mol. The van der Waals surface area contributed by atoms with Gasteiger partial charge in [-0.25, -0.2) is 0 Å². The molecule has 1 aliphatic heterocycles. The number of alkyl halides is 1. The number of rotatable bonds is 3. The highest BCUT2D eigenvalue weighted by atomic mass is 19.1. The third-order valence-corrected chi connectivity index (χ3v) is 3.36. The maximum absolute atomic E-state index is 12.6. The number of amides is 1. The van der Waals surface area contributed by atoms with E-state index >= 15 is 0 Å². The summed E-state index contributed by atoms with van der Waals surface area (Å²) in [6, 6.07) is 9.42. The van der Waals surface area contributed by atoms with Gasteiger partial charge in [-0.2, -0.15) is 0 Å². The van der Waals surface area contributed by atoms with Crippen LogP contribution < -0.4 is 0 Å². The van der Waals surface area contributed by atoms with Gasteiger partial charge in [-0.3, -0.25) is 9.18 Å². The Morgan fingerprint density at radius 2 is 2.12 bits per heavy atom. The van der Waals surface area contributed by atoms with Gasteiger partial charge in [0.2, 0.25) is 0 Å². The largest absolute Gasteiger partial charge is 0.383 e. The Bertz CT molecular complexity index is 396. The van der Waals surface area contributed by atoms with Crippen LogP contribution in [0.15, 0.2) is 30.3 Å². The summed E-state index contributed by atoms with van der Waals surface area (Å²) in [5.74, 6) is -0.960. The molecule has 0 aliphatic carbocycles. The molecule has 0 radical (unpaired) electrons. The Labute approximate surface area is 99.9 Å². The molecular formula is C13H16FNO2. The fourth-order valence-electron chi connectivity index (χ4n) is 2.21. The Hall–Kier alpha value is -1.42. The van der Waals surface area contributed by atoms with Gasteiger partial charge >= 0.3 is 0 Å². The van der Waals surface area contributed by atoms with E-state index in [0.29, 0.717) is 0 Å². The van der Waals surface area contributed by atoms with Crippen molar-refractivity contribution in [3.05, 3.63) is 35.9 Å². The van der Waals surface area contributed by atoms with Crippen molar-refractivity contribution in [3.63, 3.8) is 0 Å². The van der Waals surface area contributed by atoms with Crippen LogP contribution in [0.5, 0.6) is 0 Å². The third-order valence-electron chi connectivity index (χ3n) is 3.36. The van der Waals surface area contributed by atoms with Gasteiger partial charge in [-0.05, 0) is 12.5 Å². The number of halogens is 1. The molecule has 0 saturated carbocycles. The molecule has 4 heteroatoms. The van der Waals surface area contributed by atoms with E-state index in [1.54, 1.807) is 4.90 Å². The number of hydrogen-bond donors (Lipinski definition) is 1. The van der Waals surface area contributed by atoms with Crippen molar-refractivity contribution in [2.75, 3.05) is 13.2 Å². The van der Waals surface area contributed by atoms with E-state index in [1.165, 1.54) is 0 Å². The van der Waals surface area contributed by atoms with Gasteiger partial charge in [0, 0.05) is 12.5 Å². The summed E-state index contributed by atoms with van der Waals surface area (Å²) in [6.07, 6.45) is -1.19. The van der Waals surface area contributed by atoms with Crippen LogP contribution >= 0.6 is 0 Å². The average Bonchev–Trinajstić information content (AvgIpc) is 2.66. The van der Waals surface area contributed by atoms with E-state index in [1.807, 2.05) is 37.3 Å². The van der Waals surface area contributed by atoms with Gasteiger partial charge in [-0.1, -0.05) is 30.3 Å². The van der Waals surface area contributed by atoms with Gasteiger partial charge in [0.15, 0.2) is 0 Å². The second-order valence-corrected chi connectivity index (χ2v) is 4.44. The number of carbonyl (C=O) groups excluding carboxylic acids is 1. The molecule has 3 nitrogen and oxygen atoms in total. The van der Waals surface area contributed by atoms with Crippen molar-refractivity contribution >= 4 is 5.91 Å². The van der Waals surface area contributed by atoms with Crippen LogP contribution in [0, 0.1) is 5.92 Å². The van der Waals surface area contributed by atoms with E-state index in [2.05, 4.69) is 0 Å². The lowest BCUT2D eigenvalue weighted by Crippen LogP contribution is -2.31. The molecule has 1 aromatic rings. The summed E-state index contributed by atoms with van der Waals surface area (Å²) < 4.78 is 12.6. The first-order chi connectivity index (χ1) is 8.15. The van der Waals surface area contributed by atoms with Crippen molar-refractivity contribution in [2.45, 2.75) is 19.1 Å². The van der Waals surface area contributed by atoms with E-state index in [-0.39, 0.29) is 18.5 Å². The normalized spacial score (nSPS) is 26.3. The minimum absolute atomic E-state index is 0.130. The van der Waals surface area contributed by atoms with Crippen LogP contribution in [-0.4, -0.2) is 35.2 Å². The quantitative estimate of drug-likeness (QED) is 0.866. The standard InChI is InChI=1S/C13H16FNO2/c1-9(10-5-3-2-4-6-10)15-8-11(7-14)12(16)13(15)17/h2-6,9,11-12,16H,7-8H2,1H3/t9-,11?,12?/m1/s1. The fourth-order valence-corrected chi connectivity index (χ4v) is 2.21. The number of benzene rings is 1. The van der Waals surface area contributed by atoms with Crippen LogP contribution in [0.3, 0.4) is 0 Å². The average molecular weight is 237 g/mol. The van der Waals surface area contributed by atoms with E-state index in [4.69, 9.17) is 0 Å². The van der Waals surface area contributed by atoms with Crippen molar-refractivity contribution in [1.29, 1.82) is 0 Å². The summed E-state index contributed by atoms with van der Waals surface area (Å²) in [5.41, 5.74) is 0.993. The summed E-state index contributed by atoms with van der Waals surface area (Å²) in [7, 11) is 0. The number of likely N-dealkylation sites (tertiary alicyclic amines) is 1. The Morgan fingerprint density at radius 1 is 1.47 bits per heavy atom. The topological polar surface area (TPSA) is 40.5 Å². The zero-order chi connectivity index (χ0) is 12.4. The maximum atomic E-state index is 12.6. The van der Waals surface area contributed by atoms with Crippen molar-refractivity contribution in [1.82, 2.24) is 4.90 Å². The molecule has 0 aromatic heterocycles. The molecule has 1 fully saturated rings. The van der Waals surface area contributed by atoms with E-state index in [9.17, 15) is 14.3 Å². The molecule has 1 N–H and O–H groups in total. The Balaban J connectivity index is 2.16. The van der Waals surface area contributed by atoms with Gasteiger partial charge in [0.05, 0.1) is 12.7 Å². The first-order valence-electron chi connectivity index (χ1n) is 5.74. The van der Waals surface area contributed by atoms with Crippen LogP contribution in [0.25, 0.3) is 0 Å². The second kappa shape index (κ2) is 4.84. The van der Waals surface area contributed by atoms with Crippen LogP contribution in [0.4, 0.5) is 4.39 Å². The third kappa shape index (κ3) is 2.17. The number of nitrogens with zero attached hydrogens (tertiary/aromatic N) is 1. The van der Waals surface area contributed by atoms with Crippen LogP contribution in [0.2, 0.25) is 0 Å². The molecule has 0 spiro atoms. The van der Waals surface area contributed by atoms with Crippen LogP contribution in [-0.2, 0) is 4.79 Å². The van der Waals surface area contributed by atoms with Gasteiger partial charge < -0.3 is 10.0 Å². The molecule has 0 bridgehead atoms. The highest BCUT2D eigenvalue weighted by Crippen LogP contribution is 2.28. The van der Waals surface area contributed by atoms with Crippen LogP contribution in [0.1, 0.15) is 18.5 Å². The maximum Gasteiger partial charge on any atom is 0.252 e. The molecule has 1 aromatic carbocycles. The first kappa shape index (κ1) is 12.0. The highest BCUT2D eigenvalue weighted by Gasteiger charge is 2.41.